The molecule has 1 nitrogen and oxygen atoms in total. The summed E-state index contributed by atoms with van der Waals surface area (Å²) in [5.41, 5.74) is 11.1. The fourth-order valence-corrected chi connectivity index (χ4v) is 7.86. The van der Waals surface area contributed by atoms with Crippen molar-refractivity contribution in [1.29, 1.82) is 0 Å². The van der Waals surface area contributed by atoms with E-state index in [1.54, 1.807) is 0 Å². The molecule has 240 valence electrons. The SMILES string of the molecule is CCc1cc(-c2cc(CC)c(OCCC(CC)(CC)CC)c(CC)c2CC)ccc1-c1ccc(C2CCC(C)CC2)cc1F. The van der Waals surface area contributed by atoms with Gasteiger partial charge in [-0.25, -0.2) is 4.39 Å². The quantitative estimate of drug-likeness (QED) is 0.179. The Morgan fingerprint density at radius 1 is 0.682 bits per heavy atom. The minimum absolute atomic E-state index is 0.0842. The van der Waals surface area contributed by atoms with Crippen LogP contribution in [0.15, 0.2) is 42.5 Å². The summed E-state index contributed by atoms with van der Waals surface area (Å²) in [5, 5.41) is 0. The molecule has 0 spiro atoms. The minimum atomic E-state index is -0.0842. The molecule has 1 aliphatic rings. The van der Waals surface area contributed by atoms with Gasteiger partial charge in [0.15, 0.2) is 0 Å². The van der Waals surface area contributed by atoms with Crippen molar-refractivity contribution in [2.75, 3.05) is 6.61 Å². The molecule has 0 heterocycles. The lowest BCUT2D eigenvalue weighted by atomic mass is 9.77. The molecule has 0 atom stereocenters. The van der Waals surface area contributed by atoms with Gasteiger partial charge in [-0.15, -0.1) is 0 Å². The summed E-state index contributed by atoms with van der Waals surface area (Å²) < 4.78 is 22.4. The van der Waals surface area contributed by atoms with Gasteiger partial charge >= 0.3 is 0 Å². The van der Waals surface area contributed by atoms with Crippen LogP contribution in [0.4, 0.5) is 4.39 Å². The molecule has 0 unspecified atom stereocenters. The van der Waals surface area contributed by atoms with Crippen molar-refractivity contribution in [3.63, 3.8) is 0 Å². The Morgan fingerprint density at radius 2 is 1.32 bits per heavy atom. The Balaban J connectivity index is 1.68. The zero-order valence-corrected chi connectivity index (χ0v) is 29.2. The summed E-state index contributed by atoms with van der Waals surface area (Å²) in [5.74, 6) is 2.33. The second kappa shape index (κ2) is 15.6. The van der Waals surface area contributed by atoms with Crippen molar-refractivity contribution in [2.45, 2.75) is 138 Å². The lowest BCUT2D eigenvalue weighted by molar-refractivity contribution is 0.172. The third-order valence-electron chi connectivity index (χ3n) is 11.4. The Bertz CT molecular complexity index is 1360. The lowest BCUT2D eigenvalue weighted by Gasteiger charge is -2.31. The van der Waals surface area contributed by atoms with Gasteiger partial charge in [0.2, 0.25) is 0 Å². The highest BCUT2D eigenvalue weighted by Crippen LogP contribution is 2.41. The zero-order chi connectivity index (χ0) is 31.9. The van der Waals surface area contributed by atoms with Gasteiger partial charge in [0, 0.05) is 5.56 Å². The van der Waals surface area contributed by atoms with Gasteiger partial charge < -0.3 is 4.74 Å². The van der Waals surface area contributed by atoms with Crippen molar-refractivity contribution in [3.05, 3.63) is 76.1 Å². The average molecular weight is 599 g/mol. The lowest BCUT2D eigenvalue weighted by Crippen LogP contribution is -2.21. The Hall–Kier alpha value is -2.61. The molecular formula is C42H59FO. The highest BCUT2D eigenvalue weighted by molar-refractivity contribution is 5.78. The van der Waals surface area contributed by atoms with Gasteiger partial charge in [-0.1, -0.05) is 118 Å². The highest BCUT2D eigenvalue weighted by Gasteiger charge is 2.25. The fraction of sp³-hybridized carbons (Fsp3) is 0.571. The van der Waals surface area contributed by atoms with Crippen molar-refractivity contribution >= 4 is 0 Å². The molecule has 3 aromatic rings. The van der Waals surface area contributed by atoms with Gasteiger partial charge in [0.25, 0.3) is 0 Å². The van der Waals surface area contributed by atoms with E-state index in [0.29, 0.717) is 11.3 Å². The van der Waals surface area contributed by atoms with Gasteiger partial charge in [0.1, 0.15) is 11.6 Å². The van der Waals surface area contributed by atoms with Crippen LogP contribution in [0.1, 0.15) is 140 Å². The van der Waals surface area contributed by atoms with E-state index in [-0.39, 0.29) is 5.82 Å². The van der Waals surface area contributed by atoms with Gasteiger partial charge in [0.05, 0.1) is 6.61 Å². The molecule has 1 aliphatic carbocycles. The number of hydrogen-bond acceptors (Lipinski definition) is 1. The second-order valence-electron chi connectivity index (χ2n) is 13.5. The van der Waals surface area contributed by atoms with Crippen molar-refractivity contribution in [1.82, 2.24) is 0 Å². The summed E-state index contributed by atoms with van der Waals surface area (Å²) in [6.45, 7) is 19.0. The van der Waals surface area contributed by atoms with Crippen LogP contribution >= 0.6 is 0 Å². The predicted octanol–water partition coefficient (Wildman–Crippen LogP) is 12.7. The molecule has 3 aromatic carbocycles. The first-order valence-electron chi connectivity index (χ1n) is 18.0. The van der Waals surface area contributed by atoms with Crippen molar-refractivity contribution < 1.29 is 9.13 Å². The summed E-state index contributed by atoms with van der Waals surface area (Å²) in [6.07, 6.45) is 13.3. The minimum Gasteiger partial charge on any atom is -0.493 e. The fourth-order valence-electron chi connectivity index (χ4n) is 7.86. The monoisotopic (exact) mass is 598 g/mol. The zero-order valence-electron chi connectivity index (χ0n) is 29.2. The first-order chi connectivity index (χ1) is 21.3. The van der Waals surface area contributed by atoms with Crippen LogP contribution in [-0.2, 0) is 25.7 Å². The molecule has 1 saturated carbocycles. The molecule has 0 saturated heterocycles. The maximum absolute atomic E-state index is 15.7. The van der Waals surface area contributed by atoms with Crippen LogP contribution in [0.25, 0.3) is 22.3 Å². The topological polar surface area (TPSA) is 9.23 Å². The summed E-state index contributed by atoms with van der Waals surface area (Å²) in [6, 6.07) is 15.1. The van der Waals surface area contributed by atoms with E-state index in [1.165, 1.54) is 83.9 Å². The molecule has 0 aliphatic heterocycles. The molecule has 0 N–H and O–H groups in total. The number of hydrogen-bond donors (Lipinski definition) is 0. The number of ether oxygens (including phenoxy) is 1. The molecule has 1 fully saturated rings. The van der Waals surface area contributed by atoms with Gasteiger partial charge in [-0.3, -0.25) is 0 Å². The standard InChI is InChI=1S/C42H59FO/c1-9-30-26-34(21-22-37(30)38-23-20-33(28-40(38)43)32-18-16-29(8)17-19-32)39-27-31(10-2)41(36(12-4)35(39)11-3)44-25-24-42(13-5,14-6)15-7/h20-23,26-29,32H,9-19,24-25H2,1-8H3. The third kappa shape index (κ3) is 7.27. The summed E-state index contributed by atoms with van der Waals surface area (Å²) >= 11 is 0. The van der Waals surface area contributed by atoms with Crippen LogP contribution in [0.5, 0.6) is 5.75 Å². The van der Waals surface area contributed by atoms with E-state index in [0.717, 1.165) is 61.5 Å². The van der Waals surface area contributed by atoms with Crippen molar-refractivity contribution in [2.24, 2.45) is 11.3 Å². The van der Waals surface area contributed by atoms with E-state index in [9.17, 15) is 0 Å². The van der Waals surface area contributed by atoms with Crippen LogP contribution < -0.4 is 4.74 Å². The number of rotatable bonds is 14. The van der Waals surface area contributed by atoms with Crippen LogP contribution in [0.2, 0.25) is 0 Å². The maximum atomic E-state index is 15.7. The molecule has 2 heteroatoms. The molecule has 4 rings (SSSR count). The molecular weight excluding hydrogens is 539 g/mol. The molecule has 0 amide bonds. The number of halogens is 1. The maximum Gasteiger partial charge on any atom is 0.131 e. The first kappa shape index (κ1) is 34.3. The van der Waals surface area contributed by atoms with Crippen LogP contribution in [0.3, 0.4) is 0 Å². The van der Waals surface area contributed by atoms with E-state index >= 15 is 4.39 Å². The average Bonchev–Trinajstić information content (AvgIpc) is 3.06. The number of aryl methyl sites for hydroxylation is 2. The molecule has 0 bridgehead atoms. The van der Waals surface area contributed by atoms with Crippen molar-refractivity contribution in [3.8, 4) is 28.0 Å². The van der Waals surface area contributed by atoms with E-state index in [2.05, 4.69) is 85.7 Å². The normalized spacial score (nSPS) is 17.2. The summed E-state index contributed by atoms with van der Waals surface area (Å²) in [7, 11) is 0. The Kier molecular flexibility index (Phi) is 12.1. The van der Waals surface area contributed by atoms with Crippen LogP contribution in [-0.4, -0.2) is 6.61 Å². The Morgan fingerprint density at radius 3 is 1.89 bits per heavy atom. The first-order valence-corrected chi connectivity index (χ1v) is 18.0. The highest BCUT2D eigenvalue weighted by atomic mass is 19.1. The van der Waals surface area contributed by atoms with E-state index < -0.39 is 0 Å². The van der Waals surface area contributed by atoms with Crippen LogP contribution in [0, 0.1) is 17.2 Å². The van der Waals surface area contributed by atoms with Gasteiger partial charge in [-0.05, 0) is 119 Å². The smallest absolute Gasteiger partial charge is 0.131 e. The number of benzene rings is 3. The van der Waals surface area contributed by atoms with E-state index in [1.807, 2.05) is 12.1 Å². The van der Waals surface area contributed by atoms with Gasteiger partial charge in [-0.2, -0.15) is 0 Å². The third-order valence-corrected chi connectivity index (χ3v) is 11.4. The molecule has 44 heavy (non-hydrogen) atoms. The summed E-state index contributed by atoms with van der Waals surface area (Å²) in [4.78, 5) is 0. The largest absolute Gasteiger partial charge is 0.493 e. The predicted molar refractivity (Wildman–Crippen MR) is 189 cm³/mol. The Labute approximate surface area is 269 Å². The molecule has 0 radical (unpaired) electrons. The second-order valence-corrected chi connectivity index (χ2v) is 13.5. The van der Waals surface area contributed by atoms with E-state index in [4.69, 9.17) is 4.74 Å². The molecule has 0 aromatic heterocycles.